The van der Waals surface area contributed by atoms with Crippen molar-refractivity contribution in [1.82, 2.24) is 15.3 Å². The van der Waals surface area contributed by atoms with E-state index in [1.165, 1.54) is 12.3 Å². The third kappa shape index (κ3) is 5.79. The van der Waals surface area contributed by atoms with Gasteiger partial charge in [-0.25, -0.2) is 18.7 Å². The number of benzene rings is 2. The molecule has 0 aliphatic heterocycles. The van der Waals surface area contributed by atoms with Crippen molar-refractivity contribution in [1.29, 1.82) is 0 Å². The van der Waals surface area contributed by atoms with E-state index < -0.39 is 6.43 Å². The number of aromatic nitrogens is 2. The lowest BCUT2D eigenvalue weighted by Gasteiger charge is -2.09. The van der Waals surface area contributed by atoms with E-state index >= 15 is 0 Å². The van der Waals surface area contributed by atoms with Gasteiger partial charge in [-0.3, -0.25) is 4.79 Å². The Morgan fingerprint density at radius 2 is 1.90 bits per heavy atom. The van der Waals surface area contributed by atoms with Crippen LogP contribution in [0.4, 0.5) is 14.5 Å². The van der Waals surface area contributed by atoms with Gasteiger partial charge in [-0.05, 0) is 48.0 Å². The SMILES string of the molecule is COc1ccc(C(=O)Nc2cccc(CNCc3nccc(C(F)F)n3)c2)cc1. The minimum Gasteiger partial charge on any atom is -0.497 e. The predicted octanol–water partition coefficient (Wildman–Crippen LogP) is 3.96. The number of hydrogen-bond donors (Lipinski definition) is 2. The fourth-order valence-corrected chi connectivity index (χ4v) is 2.64. The minimum absolute atomic E-state index is 0.227. The fourth-order valence-electron chi connectivity index (χ4n) is 2.64. The quantitative estimate of drug-likeness (QED) is 0.601. The molecule has 8 heteroatoms. The second-order valence-electron chi connectivity index (χ2n) is 6.18. The van der Waals surface area contributed by atoms with Crippen molar-refractivity contribution in [2.24, 2.45) is 0 Å². The summed E-state index contributed by atoms with van der Waals surface area (Å²) in [7, 11) is 1.57. The highest BCUT2D eigenvalue weighted by molar-refractivity contribution is 6.04. The molecule has 1 aromatic heterocycles. The molecule has 0 aliphatic rings. The van der Waals surface area contributed by atoms with Gasteiger partial charge in [0.1, 0.15) is 17.3 Å². The van der Waals surface area contributed by atoms with Crippen molar-refractivity contribution in [3.8, 4) is 5.75 Å². The maximum absolute atomic E-state index is 12.7. The maximum Gasteiger partial charge on any atom is 0.280 e. The molecule has 6 nitrogen and oxygen atoms in total. The van der Waals surface area contributed by atoms with E-state index in [1.807, 2.05) is 18.2 Å². The van der Waals surface area contributed by atoms with Crippen LogP contribution in [0.25, 0.3) is 0 Å². The van der Waals surface area contributed by atoms with Gasteiger partial charge in [0.15, 0.2) is 0 Å². The second-order valence-corrected chi connectivity index (χ2v) is 6.18. The summed E-state index contributed by atoms with van der Waals surface area (Å²) < 4.78 is 30.5. The molecule has 0 saturated heterocycles. The Kier molecular flexibility index (Phi) is 6.80. The first-order chi connectivity index (χ1) is 14.0. The highest BCUT2D eigenvalue weighted by atomic mass is 19.3. The molecular weight excluding hydrogens is 378 g/mol. The zero-order valence-electron chi connectivity index (χ0n) is 15.7. The molecule has 2 aromatic carbocycles. The average molecular weight is 398 g/mol. The predicted molar refractivity (Wildman–Crippen MR) is 105 cm³/mol. The van der Waals surface area contributed by atoms with Gasteiger partial charge in [0, 0.05) is 24.0 Å². The van der Waals surface area contributed by atoms with Crippen molar-refractivity contribution >= 4 is 11.6 Å². The van der Waals surface area contributed by atoms with E-state index in [9.17, 15) is 13.6 Å². The van der Waals surface area contributed by atoms with Crippen molar-refractivity contribution in [2.45, 2.75) is 19.5 Å². The molecule has 3 rings (SSSR count). The molecule has 0 atom stereocenters. The molecule has 0 bridgehead atoms. The number of alkyl halides is 2. The molecule has 0 saturated carbocycles. The van der Waals surface area contributed by atoms with E-state index in [1.54, 1.807) is 37.4 Å². The molecular formula is C21H20F2N4O2. The lowest BCUT2D eigenvalue weighted by atomic mass is 10.1. The van der Waals surface area contributed by atoms with E-state index in [4.69, 9.17) is 4.74 Å². The molecule has 3 aromatic rings. The van der Waals surface area contributed by atoms with Crippen LogP contribution in [-0.4, -0.2) is 23.0 Å². The number of rotatable bonds is 8. The van der Waals surface area contributed by atoms with Crippen LogP contribution in [0.1, 0.15) is 33.9 Å². The monoisotopic (exact) mass is 398 g/mol. The molecule has 2 N–H and O–H groups in total. The van der Waals surface area contributed by atoms with Crippen molar-refractivity contribution in [3.05, 3.63) is 83.4 Å². The lowest BCUT2D eigenvalue weighted by molar-refractivity contribution is 0.102. The molecule has 0 fully saturated rings. The summed E-state index contributed by atoms with van der Waals surface area (Å²) in [6, 6.07) is 15.4. The summed E-state index contributed by atoms with van der Waals surface area (Å²) in [4.78, 5) is 20.2. The minimum atomic E-state index is -2.62. The Hall–Kier alpha value is -3.39. The third-order valence-corrected chi connectivity index (χ3v) is 4.10. The summed E-state index contributed by atoms with van der Waals surface area (Å²) in [6.45, 7) is 0.720. The van der Waals surface area contributed by atoms with Gasteiger partial charge in [0.05, 0.1) is 13.7 Å². The van der Waals surface area contributed by atoms with E-state index in [0.717, 1.165) is 5.56 Å². The number of methoxy groups -OCH3 is 1. The van der Waals surface area contributed by atoms with Crippen molar-refractivity contribution < 1.29 is 18.3 Å². The number of ether oxygens (including phenoxy) is 1. The summed E-state index contributed by atoms with van der Waals surface area (Å²) in [5, 5.41) is 5.96. The van der Waals surface area contributed by atoms with Crippen LogP contribution in [0, 0.1) is 0 Å². The molecule has 1 amide bonds. The number of anilines is 1. The number of amides is 1. The smallest absolute Gasteiger partial charge is 0.280 e. The fraction of sp³-hybridized carbons (Fsp3) is 0.190. The Bertz CT molecular complexity index is 965. The first-order valence-corrected chi connectivity index (χ1v) is 8.90. The number of carbonyl (C=O) groups excluding carboxylic acids is 1. The standard InChI is InChI=1S/C21H20F2N4O2/c1-29-17-7-5-15(6-8-17)21(28)26-16-4-2-3-14(11-16)12-24-13-19-25-10-9-18(27-19)20(22)23/h2-11,20,24H,12-13H2,1H3,(H,26,28). The van der Waals surface area contributed by atoms with Gasteiger partial charge in [-0.2, -0.15) is 0 Å². The largest absolute Gasteiger partial charge is 0.497 e. The van der Waals surface area contributed by atoms with Crippen LogP contribution < -0.4 is 15.4 Å². The number of halogens is 2. The van der Waals surface area contributed by atoms with Crippen LogP contribution >= 0.6 is 0 Å². The number of hydrogen-bond acceptors (Lipinski definition) is 5. The Morgan fingerprint density at radius 3 is 2.62 bits per heavy atom. The third-order valence-electron chi connectivity index (χ3n) is 4.10. The summed E-state index contributed by atoms with van der Waals surface area (Å²) >= 11 is 0. The van der Waals surface area contributed by atoms with Gasteiger partial charge >= 0.3 is 0 Å². The number of carbonyl (C=O) groups is 1. The van der Waals surface area contributed by atoms with E-state index in [2.05, 4.69) is 20.6 Å². The average Bonchev–Trinajstić information content (AvgIpc) is 2.74. The summed E-state index contributed by atoms with van der Waals surface area (Å²) in [6.07, 6.45) is -1.30. The van der Waals surface area contributed by atoms with E-state index in [-0.39, 0.29) is 18.1 Å². The van der Waals surface area contributed by atoms with Crippen LogP contribution in [0.15, 0.2) is 60.8 Å². The molecule has 0 aliphatic carbocycles. The van der Waals surface area contributed by atoms with Crippen molar-refractivity contribution in [2.75, 3.05) is 12.4 Å². The normalized spacial score (nSPS) is 10.8. The van der Waals surface area contributed by atoms with Crippen molar-refractivity contribution in [3.63, 3.8) is 0 Å². The Labute approximate surface area is 167 Å². The molecule has 150 valence electrons. The van der Waals surface area contributed by atoms with Gasteiger partial charge in [0.25, 0.3) is 12.3 Å². The molecule has 0 spiro atoms. The number of nitrogens with one attached hydrogen (secondary N) is 2. The Morgan fingerprint density at radius 1 is 1.10 bits per heavy atom. The maximum atomic E-state index is 12.7. The first-order valence-electron chi connectivity index (χ1n) is 8.90. The van der Waals surface area contributed by atoms with Crippen LogP contribution in [-0.2, 0) is 13.1 Å². The highest BCUT2D eigenvalue weighted by Gasteiger charge is 2.10. The van der Waals surface area contributed by atoms with Crippen LogP contribution in [0.3, 0.4) is 0 Å². The highest BCUT2D eigenvalue weighted by Crippen LogP contribution is 2.16. The number of nitrogens with zero attached hydrogens (tertiary/aromatic N) is 2. The lowest BCUT2D eigenvalue weighted by Crippen LogP contribution is -2.16. The summed E-state index contributed by atoms with van der Waals surface area (Å²) in [5.74, 6) is 0.749. The van der Waals surface area contributed by atoms with Gasteiger partial charge in [0.2, 0.25) is 0 Å². The molecule has 0 radical (unpaired) electrons. The zero-order valence-corrected chi connectivity index (χ0v) is 15.7. The van der Waals surface area contributed by atoms with Crippen LogP contribution in [0.5, 0.6) is 5.75 Å². The topological polar surface area (TPSA) is 76.1 Å². The zero-order chi connectivity index (χ0) is 20.6. The second kappa shape index (κ2) is 9.70. The molecule has 29 heavy (non-hydrogen) atoms. The van der Waals surface area contributed by atoms with Crippen LogP contribution in [0.2, 0.25) is 0 Å². The van der Waals surface area contributed by atoms with E-state index in [0.29, 0.717) is 29.4 Å². The van der Waals surface area contributed by atoms with Gasteiger partial charge in [-0.15, -0.1) is 0 Å². The molecule has 0 unspecified atom stereocenters. The Balaban J connectivity index is 1.56. The summed E-state index contributed by atoms with van der Waals surface area (Å²) in [5.41, 5.74) is 1.80. The van der Waals surface area contributed by atoms with Gasteiger partial charge < -0.3 is 15.4 Å². The first kappa shape index (κ1) is 20.3. The van der Waals surface area contributed by atoms with Gasteiger partial charge in [-0.1, -0.05) is 12.1 Å². The molecule has 1 heterocycles.